The van der Waals surface area contributed by atoms with E-state index >= 15 is 0 Å². The van der Waals surface area contributed by atoms with Gasteiger partial charge in [0, 0.05) is 0 Å². The van der Waals surface area contributed by atoms with Gasteiger partial charge in [-0.2, -0.15) is 0 Å². The molecule has 1 amide bonds. The van der Waals surface area contributed by atoms with Gasteiger partial charge in [0.15, 0.2) is 0 Å². The van der Waals surface area contributed by atoms with Crippen molar-refractivity contribution in [3.63, 3.8) is 0 Å². The van der Waals surface area contributed by atoms with Gasteiger partial charge < -0.3 is 10.4 Å². The predicted octanol–water partition coefficient (Wildman–Crippen LogP) is 2.75. The molecule has 0 aliphatic rings. The molecule has 0 aliphatic carbocycles. The highest BCUT2D eigenvalue weighted by Gasteiger charge is 2.31. The summed E-state index contributed by atoms with van der Waals surface area (Å²) in [5.41, 5.74) is 0. The molecule has 5 heteroatoms. The molecule has 2 atom stereocenters. The van der Waals surface area contributed by atoms with E-state index < -0.39 is 12.0 Å². The number of hydrogen-bond acceptors (Lipinski definition) is 3. The average molecular weight is 314 g/mol. The zero-order valence-electron chi connectivity index (χ0n) is 15.1. The van der Waals surface area contributed by atoms with E-state index in [1.165, 1.54) is 0 Å². The number of carbonyl (C=O) groups is 2. The zero-order valence-corrected chi connectivity index (χ0v) is 15.1. The van der Waals surface area contributed by atoms with E-state index in [4.69, 9.17) is 0 Å². The molecule has 0 saturated heterocycles. The monoisotopic (exact) mass is 314 g/mol. The summed E-state index contributed by atoms with van der Waals surface area (Å²) in [6, 6.07) is -1.08. The number of aliphatic carboxylic acids is 1. The SMILES string of the molecule is CCCCN(CC)C(C(=O)NC(CC(C)C)C(=O)O)C(C)C. The number of unbranched alkanes of at least 4 members (excludes halogenated alkanes) is 1. The van der Waals surface area contributed by atoms with Gasteiger partial charge >= 0.3 is 5.97 Å². The van der Waals surface area contributed by atoms with Crippen molar-refractivity contribution in [1.29, 1.82) is 0 Å². The molecule has 22 heavy (non-hydrogen) atoms. The molecular formula is C17H34N2O3. The molecule has 0 saturated carbocycles. The summed E-state index contributed by atoms with van der Waals surface area (Å²) in [5.74, 6) is -0.756. The minimum absolute atomic E-state index is 0.144. The second kappa shape index (κ2) is 10.6. The molecule has 0 spiro atoms. The molecule has 0 fully saturated rings. The van der Waals surface area contributed by atoms with Gasteiger partial charge in [-0.05, 0) is 37.8 Å². The van der Waals surface area contributed by atoms with Crippen molar-refractivity contribution in [2.75, 3.05) is 13.1 Å². The number of likely N-dealkylation sites (N-methyl/N-ethyl adjacent to an activating group) is 1. The smallest absolute Gasteiger partial charge is 0.326 e. The summed E-state index contributed by atoms with van der Waals surface area (Å²) < 4.78 is 0. The Morgan fingerprint density at radius 1 is 1.14 bits per heavy atom. The van der Waals surface area contributed by atoms with Crippen LogP contribution in [-0.4, -0.2) is 47.1 Å². The lowest BCUT2D eigenvalue weighted by molar-refractivity contribution is -0.143. The van der Waals surface area contributed by atoms with Gasteiger partial charge in [0.05, 0.1) is 6.04 Å². The highest BCUT2D eigenvalue weighted by atomic mass is 16.4. The number of carboxylic acid groups (broad SMARTS) is 1. The summed E-state index contributed by atoms with van der Waals surface area (Å²) >= 11 is 0. The van der Waals surface area contributed by atoms with Gasteiger partial charge in [-0.1, -0.05) is 48.0 Å². The molecular weight excluding hydrogens is 280 g/mol. The fraction of sp³-hybridized carbons (Fsp3) is 0.882. The van der Waals surface area contributed by atoms with Crippen molar-refractivity contribution >= 4 is 11.9 Å². The lowest BCUT2D eigenvalue weighted by atomic mass is 9.99. The molecule has 0 aromatic heterocycles. The molecule has 130 valence electrons. The van der Waals surface area contributed by atoms with Crippen LogP contribution in [0.25, 0.3) is 0 Å². The van der Waals surface area contributed by atoms with Crippen LogP contribution in [0.2, 0.25) is 0 Å². The molecule has 2 N–H and O–H groups in total. The lowest BCUT2D eigenvalue weighted by Crippen LogP contribution is -2.54. The third kappa shape index (κ3) is 7.25. The van der Waals surface area contributed by atoms with Crippen LogP contribution in [0, 0.1) is 11.8 Å². The van der Waals surface area contributed by atoms with Crippen LogP contribution < -0.4 is 5.32 Å². The third-order valence-electron chi connectivity index (χ3n) is 3.82. The Kier molecular flexibility index (Phi) is 10.1. The van der Waals surface area contributed by atoms with E-state index in [-0.39, 0.29) is 23.8 Å². The Bertz CT molecular complexity index is 343. The highest BCUT2D eigenvalue weighted by Crippen LogP contribution is 2.14. The molecule has 0 heterocycles. The zero-order chi connectivity index (χ0) is 17.3. The summed E-state index contributed by atoms with van der Waals surface area (Å²) in [6.45, 7) is 13.8. The quantitative estimate of drug-likeness (QED) is 0.615. The van der Waals surface area contributed by atoms with Crippen LogP contribution in [0.1, 0.15) is 60.8 Å². The first-order valence-corrected chi connectivity index (χ1v) is 8.51. The first-order chi connectivity index (χ1) is 10.2. The van der Waals surface area contributed by atoms with Crippen LogP contribution in [-0.2, 0) is 9.59 Å². The lowest BCUT2D eigenvalue weighted by Gasteiger charge is -2.33. The van der Waals surface area contributed by atoms with E-state index in [1.807, 2.05) is 34.6 Å². The topological polar surface area (TPSA) is 69.6 Å². The molecule has 5 nitrogen and oxygen atoms in total. The van der Waals surface area contributed by atoms with Crippen molar-refractivity contribution in [3.8, 4) is 0 Å². The van der Waals surface area contributed by atoms with E-state index in [0.717, 1.165) is 25.9 Å². The molecule has 0 aromatic rings. The molecule has 0 bridgehead atoms. The summed E-state index contributed by atoms with van der Waals surface area (Å²) in [5, 5.41) is 12.0. The Balaban J connectivity index is 4.99. The Labute approximate surface area is 135 Å². The largest absolute Gasteiger partial charge is 0.480 e. The fourth-order valence-corrected chi connectivity index (χ4v) is 2.70. The van der Waals surface area contributed by atoms with Gasteiger partial charge in [-0.25, -0.2) is 4.79 Å². The number of carboxylic acids is 1. The number of rotatable bonds is 11. The number of nitrogens with one attached hydrogen (secondary N) is 1. The molecule has 0 radical (unpaired) electrons. The number of carbonyl (C=O) groups excluding carboxylic acids is 1. The van der Waals surface area contributed by atoms with Crippen molar-refractivity contribution in [2.45, 2.75) is 72.9 Å². The van der Waals surface area contributed by atoms with E-state index in [9.17, 15) is 14.7 Å². The first-order valence-electron chi connectivity index (χ1n) is 8.51. The molecule has 2 unspecified atom stereocenters. The van der Waals surface area contributed by atoms with Gasteiger partial charge in [0.25, 0.3) is 0 Å². The van der Waals surface area contributed by atoms with E-state index in [2.05, 4.69) is 17.1 Å². The summed E-state index contributed by atoms with van der Waals surface area (Å²) in [6.07, 6.45) is 2.57. The Morgan fingerprint density at radius 3 is 2.09 bits per heavy atom. The van der Waals surface area contributed by atoms with Gasteiger partial charge in [0.1, 0.15) is 6.04 Å². The second-order valence-electron chi connectivity index (χ2n) is 6.70. The van der Waals surface area contributed by atoms with Crippen LogP contribution in [0.3, 0.4) is 0 Å². The Morgan fingerprint density at radius 2 is 1.73 bits per heavy atom. The average Bonchev–Trinajstić information content (AvgIpc) is 2.41. The minimum Gasteiger partial charge on any atom is -0.480 e. The maximum Gasteiger partial charge on any atom is 0.326 e. The van der Waals surface area contributed by atoms with Gasteiger partial charge in [-0.3, -0.25) is 9.69 Å². The van der Waals surface area contributed by atoms with Crippen LogP contribution in [0.5, 0.6) is 0 Å². The first kappa shape index (κ1) is 20.9. The van der Waals surface area contributed by atoms with Crippen molar-refractivity contribution < 1.29 is 14.7 Å². The van der Waals surface area contributed by atoms with Crippen LogP contribution in [0.15, 0.2) is 0 Å². The third-order valence-corrected chi connectivity index (χ3v) is 3.82. The number of amides is 1. The van der Waals surface area contributed by atoms with Gasteiger partial charge in [-0.15, -0.1) is 0 Å². The summed E-state index contributed by atoms with van der Waals surface area (Å²) in [7, 11) is 0. The van der Waals surface area contributed by atoms with Crippen molar-refractivity contribution in [3.05, 3.63) is 0 Å². The van der Waals surface area contributed by atoms with Crippen molar-refractivity contribution in [2.24, 2.45) is 11.8 Å². The minimum atomic E-state index is -0.957. The molecule has 0 aromatic carbocycles. The normalized spacial score (nSPS) is 14.4. The number of hydrogen-bond donors (Lipinski definition) is 2. The van der Waals surface area contributed by atoms with Crippen LogP contribution in [0.4, 0.5) is 0 Å². The van der Waals surface area contributed by atoms with E-state index in [1.54, 1.807) is 0 Å². The fourth-order valence-electron chi connectivity index (χ4n) is 2.70. The molecule has 0 aliphatic heterocycles. The summed E-state index contributed by atoms with van der Waals surface area (Å²) in [4.78, 5) is 26.1. The van der Waals surface area contributed by atoms with Crippen molar-refractivity contribution in [1.82, 2.24) is 10.2 Å². The van der Waals surface area contributed by atoms with E-state index in [0.29, 0.717) is 6.42 Å². The predicted molar refractivity (Wildman–Crippen MR) is 89.8 cm³/mol. The Hall–Kier alpha value is -1.10. The van der Waals surface area contributed by atoms with Crippen LogP contribution >= 0.6 is 0 Å². The van der Waals surface area contributed by atoms with Gasteiger partial charge in [0.2, 0.25) is 5.91 Å². The molecule has 0 rings (SSSR count). The number of nitrogens with zero attached hydrogens (tertiary/aromatic N) is 1. The second-order valence-corrected chi connectivity index (χ2v) is 6.70. The highest BCUT2D eigenvalue weighted by molar-refractivity contribution is 5.87. The maximum atomic E-state index is 12.6. The standard InChI is InChI=1S/C17H34N2O3/c1-7-9-10-19(8-2)15(13(5)6)16(20)18-14(17(21)22)11-12(3)4/h12-15H,7-11H2,1-6H3,(H,18,20)(H,21,22). The maximum absolute atomic E-state index is 12.6.